The van der Waals surface area contributed by atoms with Crippen LogP contribution in [0.5, 0.6) is 0 Å². The Labute approximate surface area is 160 Å². The van der Waals surface area contributed by atoms with Crippen molar-refractivity contribution in [1.82, 2.24) is 10.2 Å². The lowest BCUT2D eigenvalue weighted by molar-refractivity contribution is -0.152. The van der Waals surface area contributed by atoms with Gasteiger partial charge in [-0.3, -0.25) is 9.59 Å². The monoisotopic (exact) mass is 368 g/mol. The van der Waals surface area contributed by atoms with Crippen LogP contribution in [0.1, 0.15) is 56.9 Å². The topological polar surface area (TPSA) is 58.6 Å². The highest BCUT2D eigenvalue weighted by atomic mass is 16.5. The maximum absolute atomic E-state index is 13.1. The average Bonchev–Trinajstić information content (AvgIpc) is 3.19. The van der Waals surface area contributed by atoms with E-state index in [2.05, 4.69) is 5.32 Å². The van der Waals surface area contributed by atoms with Crippen molar-refractivity contribution in [1.29, 1.82) is 0 Å². The molecule has 1 aromatic carbocycles. The predicted molar refractivity (Wildman–Crippen MR) is 104 cm³/mol. The van der Waals surface area contributed by atoms with Crippen molar-refractivity contribution in [2.24, 2.45) is 0 Å². The Morgan fingerprint density at radius 2 is 1.78 bits per heavy atom. The number of rotatable bonds is 4. The van der Waals surface area contributed by atoms with Gasteiger partial charge in [0.25, 0.3) is 5.91 Å². The Balaban J connectivity index is 1.52. The van der Waals surface area contributed by atoms with Gasteiger partial charge in [-0.05, 0) is 43.7 Å². The Hall–Kier alpha value is -2.30. The number of benzene rings is 1. The minimum atomic E-state index is -0.163. The van der Waals surface area contributed by atoms with E-state index < -0.39 is 0 Å². The summed E-state index contributed by atoms with van der Waals surface area (Å²) in [4.78, 5) is 27.5. The molecule has 0 bridgehead atoms. The lowest BCUT2D eigenvalue weighted by Gasteiger charge is -2.44. The van der Waals surface area contributed by atoms with Crippen LogP contribution in [-0.4, -0.2) is 41.4 Å². The summed E-state index contributed by atoms with van der Waals surface area (Å²) in [6.07, 6.45) is 10.3. The summed E-state index contributed by atoms with van der Waals surface area (Å²) in [6, 6.07) is 10.0. The molecule has 4 rings (SSSR count). The molecule has 0 radical (unpaired) electrons. The lowest BCUT2D eigenvalue weighted by atomic mass is 9.89. The van der Waals surface area contributed by atoms with Crippen LogP contribution in [0, 0.1) is 0 Å². The lowest BCUT2D eigenvalue weighted by Crippen LogP contribution is -2.57. The molecule has 5 heteroatoms. The highest BCUT2D eigenvalue weighted by Crippen LogP contribution is 2.33. The van der Waals surface area contributed by atoms with Crippen molar-refractivity contribution in [2.75, 3.05) is 6.54 Å². The zero-order chi connectivity index (χ0) is 18.6. The van der Waals surface area contributed by atoms with Gasteiger partial charge in [0.15, 0.2) is 5.76 Å². The van der Waals surface area contributed by atoms with Gasteiger partial charge in [0, 0.05) is 6.04 Å². The highest BCUT2D eigenvalue weighted by molar-refractivity contribution is 5.98. The van der Waals surface area contributed by atoms with Gasteiger partial charge >= 0.3 is 0 Å². The molecule has 1 saturated heterocycles. The first-order valence-corrected chi connectivity index (χ1v) is 10.2. The van der Waals surface area contributed by atoms with E-state index >= 15 is 0 Å². The number of ether oxygens (including phenoxy) is 1. The second-order valence-corrected chi connectivity index (χ2v) is 7.91. The maximum Gasteiger partial charge on any atom is 0.289 e. The fourth-order valence-corrected chi connectivity index (χ4v) is 4.56. The van der Waals surface area contributed by atoms with Gasteiger partial charge in [0.1, 0.15) is 12.6 Å². The number of nitrogens with zero attached hydrogens (tertiary/aromatic N) is 1. The van der Waals surface area contributed by atoms with Crippen molar-refractivity contribution in [2.45, 2.75) is 69.6 Å². The van der Waals surface area contributed by atoms with Crippen LogP contribution >= 0.6 is 0 Å². The van der Waals surface area contributed by atoms with Crippen LogP contribution < -0.4 is 5.32 Å². The first-order valence-electron chi connectivity index (χ1n) is 10.2. The summed E-state index contributed by atoms with van der Waals surface area (Å²) in [5, 5.41) is 3.11. The number of nitrogens with one attached hydrogen (secondary N) is 1. The first-order chi connectivity index (χ1) is 13.2. The second-order valence-electron chi connectivity index (χ2n) is 7.91. The Morgan fingerprint density at radius 1 is 1.07 bits per heavy atom. The number of amides is 2. The van der Waals surface area contributed by atoms with E-state index in [9.17, 15) is 9.59 Å². The Bertz CT molecular complexity index is 710. The van der Waals surface area contributed by atoms with Crippen molar-refractivity contribution in [3.05, 3.63) is 41.7 Å². The molecule has 27 heavy (non-hydrogen) atoms. The molecule has 2 aliphatic carbocycles. The third-order valence-electron chi connectivity index (χ3n) is 5.95. The zero-order valence-electron chi connectivity index (χ0n) is 15.7. The maximum atomic E-state index is 13.1. The second kappa shape index (κ2) is 8.15. The molecule has 3 fully saturated rings. The summed E-state index contributed by atoms with van der Waals surface area (Å²) in [5.74, 6) is 0.155. The van der Waals surface area contributed by atoms with Gasteiger partial charge in [-0.1, -0.05) is 49.6 Å². The first kappa shape index (κ1) is 18.1. The van der Waals surface area contributed by atoms with E-state index in [4.69, 9.17) is 4.74 Å². The Kier molecular flexibility index (Phi) is 5.46. The molecule has 0 aromatic heterocycles. The van der Waals surface area contributed by atoms with E-state index in [0.717, 1.165) is 44.1 Å². The minimum absolute atomic E-state index is 0.00787. The zero-order valence-corrected chi connectivity index (χ0v) is 15.7. The van der Waals surface area contributed by atoms with E-state index in [1.54, 1.807) is 11.0 Å². The van der Waals surface area contributed by atoms with Gasteiger partial charge in [-0.15, -0.1) is 0 Å². The molecule has 2 unspecified atom stereocenters. The predicted octanol–water partition coefficient (Wildman–Crippen LogP) is 3.26. The standard InChI is InChI=1S/C22H28N2O3/c25-21(23-17-10-4-5-11-17)15-24-18-12-6-7-13-19(18)27-20(22(24)26)14-16-8-2-1-3-9-16/h1-3,8-9,14,17-19H,4-7,10-13,15H2,(H,23,25)/b20-14+. The molecule has 2 atom stereocenters. The fraction of sp³-hybridized carbons (Fsp3) is 0.545. The van der Waals surface area contributed by atoms with Gasteiger partial charge in [-0.25, -0.2) is 0 Å². The van der Waals surface area contributed by atoms with Crippen LogP contribution in [-0.2, 0) is 14.3 Å². The van der Waals surface area contributed by atoms with Crippen LogP contribution in [0.25, 0.3) is 6.08 Å². The van der Waals surface area contributed by atoms with Gasteiger partial charge < -0.3 is 15.0 Å². The smallest absolute Gasteiger partial charge is 0.289 e. The van der Waals surface area contributed by atoms with Gasteiger partial charge in [-0.2, -0.15) is 0 Å². The van der Waals surface area contributed by atoms with Crippen LogP contribution in [0.4, 0.5) is 0 Å². The van der Waals surface area contributed by atoms with Crippen molar-refractivity contribution < 1.29 is 14.3 Å². The number of carbonyl (C=O) groups is 2. The number of hydrogen-bond acceptors (Lipinski definition) is 3. The molecule has 1 aromatic rings. The molecule has 2 amide bonds. The van der Waals surface area contributed by atoms with E-state index in [1.807, 2.05) is 30.3 Å². The van der Waals surface area contributed by atoms with Crippen molar-refractivity contribution in [3.63, 3.8) is 0 Å². The summed E-state index contributed by atoms with van der Waals surface area (Å²) in [6.45, 7) is 0.131. The van der Waals surface area contributed by atoms with Gasteiger partial charge in [0.2, 0.25) is 5.91 Å². The molecule has 1 heterocycles. The third-order valence-corrected chi connectivity index (χ3v) is 5.95. The molecular weight excluding hydrogens is 340 g/mol. The van der Waals surface area contributed by atoms with Gasteiger partial charge in [0.05, 0.1) is 6.04 Å². The summed E-state index contributed by atoms with van der Waals surface area (Å²) in [7, 11) is 0. The molecule has 5 nitrogen and oxygen atoms in total. The molecule has 1 N–H and O–H groups in total. The molecule has 1 aliphatic heterocycles. The minimum Gasteiger partial charge on any atom is -0.482 e. The molecule has 3 aliphatic rings. The van der Waals surface area contributed by atoms with Crippen molar-refractivity contribution >= 4 is 17.9 Å². The number of carbonyl (C=O) groups excluding carboxylic acids is 2. The summed E-state index contributed by atoms with van der Waals surface area (Å²) in [5.41, 5.74) is 0.936. The average molecular weight is 368 g/mol. The largest absolute Gasteiger partial charge is 0.482 e. The normalized spacial score (nSPS) is 27.3. The van der Waals surface area contributed by atoms with E-state index in [-0.39, 0.29) is 36.5 Å². The quantitative estimate of drug-likeness (QED) is 0.830. The number of hydrogen-bond donors (Lipinski definition) is 1. The Morgan fingerprint density at radius 3 is 2.56 bits per heavy atom. The molecule has 2 saturated carbocycles. The van der Waals surface area contributed by atoms with Crippen LogP contribution in [0.2, 0.25) is 0 Å². The van der Waals surface area contributed by atoms with Crippen LogP contribution in [0.15, 0.2) is 36.1 Å². The summed E-state index contributed by atoms with van der Waals surface area (Å²) < 4.78 is 6.09. The van der Waals surface area contributed by atoms with E-state index in [0.29, 0.717) is 5.76 Å². The molecule has 144 valence electrons. The third kappa shape index (κ3) is 4.18. The number of fused-ring (bicyclic) bond motifs is 1. The van der Waals surface area contributed by atoms with Crippen molar-refractivity contribution in [3.8, 4) is 0 Å². The van der Waals surface area contributed by atoms with E-state index in [1.165, 1.54) is 12.8 Å². The van der Waals surface area contributed by atoms with Crippen LogP contribution in [0.3, 0.4) is 0 Å². The molecule has 0 spiro atoms. The fourth-order valence-electron chi connectivity index (χ4n) is 4.56. The highest BCUT2D eigenvalue weighted by Gasteiger charge is 2.42. The molecular formula is C22H28N2O3. The number of morpholine rings is 1. The SMILES string of the molecule is O=C(CN1C(=O)/C(=C\c2ccccc2)OC2CCCCC21)NC1CCCC1. The summed E-state index contributed by atoms with van der Waals surface area (Å²) >= 11 is 0.